The largest absolute Gasteiger partial charge is 0.454 e. The highest BCUT2D eigenvalue weighted by Gasteiger charge is 2.38. The van der Waals surface area contributed by atoms with Gasteiger partial charge in [-0.1, -0.05) is 13.0 Å². The van der Waals surface area contributed by atoms with E-state index in [0.29, 0.717) is 24.0 Å². The van der Waals surface area contributed by atoms with Gasteiger partial charge in [0.2, 0.25) is 18.6 Å². The minimum Gasteiger partial charge on any atom is -0.454 e. The van der Waals surface area contributed by atoms with Crippen LogP contribution in [0.25, 0.3) is 0 Å². The molecule has 7 heteroatoms. The molecule has 0 radical (unpaired) electrons. The SMILES string of the molecule is CC1CCC(NC(=O)[C@@H]2c3cccn3CC(=O)N2Cc2ccc3c(c2)OCO3)CC1. The normalized spacial score (nSPS) is 25.2. The van der Waals surface area contributed by atoms with Crippen LogP contribution in [-0.4, -0.2) is 34.1 Å². The number of amides is 2. The monoisotopic (exact) mass is 409 g/mol. The van der Waals surface area contributed by atoms with Gasteiger partial charge in [-0.05, 0) is 61.4 Å². The summed E-state index contributed by atoms with van der Waals surface area (Å²) in [5.41, 5.74) is 1.77. The quantitative estimate of drug-likeness (QED) is 0.843. The molecule has 1 fully saturated rings. The number of nitrogens with one attached hydrogen (secondary N) is 1. The number of benzene rings is 1. The third-order valence-corrected chi connectivity index (χ3v) is 6.48. The second-order valence-electron chi connectivity index (χ2n) is 8.64. The summed E-state index contributed by atoms with van der Waals surface area (Å²) in [7, 11) is 0. The van der Waals surface area contributed by atoms with Crippen LogP contribution >= 0.6 is 0 Å². The van der Waals surface area contributed by atoms with Gasteiger partial charge in [-0.3, -0.25) is 9.59 Å². The van der Waals surface area contributed by atoms with Gasteiger partial charge in [-0.2, -0.15) is 0 Å². The van der Waals surface area contributed by atoms with E-state index in [-0.39, 0.29) is 31.2 Å². The molecule has 0 spiro atoms. The molecule has 1 aromatic heterocycles. The molecule has 30 heavy (non-hydrogen) atoms. The van der Waals surface area contributed by atoms with Crippen LogP contribution in [0.4, 0.5) is 0 Å². The lowest BCUT2D eigenvalue weighted by Crippen LogP contribution is -2.50. The van der Waals surface area contributed by atoms with Gasteiger partial charge in [0.25, 0.3) is 0 Å². The number of fused-ring (bicyclic) bond motifs is 2. The van der Waals surface area contributed by atoms with Gasteiger partial charge in [-0.25, -0.2) is 0 Å². The van der Waals surface area contributed by atoms with Crippen molar-refractivity contribution in [3.63, 3.8) is 0 Å². The van der Waals surface area contributed by atoms with Crippen LogP contribution in [0, 0.1) is 5.92 Å². The Hall–Kier alpha value is -2.96. The van der Waals surface area contributed by atoms with Gasteiger partial charge in [0, 0.05) is 18.8 Å². The molecule has 3 aliphatic rings. The van der Waals surface area contributed by atoms with Gasteiger partial charge in [0.05, 0.1) is 5.69 Å². The highest BCUT2D eigenvalue weighted by atomic mass is 16.7. The summed E-state index contributed by atoms with van der Waals surface area (Å²) >= 11 is 0. The third-order valence-electron chi connectivity index (χ3n) is 6.48. The van der Waals surface area contributed by atoms with Crippen LogP contribution < -0.4 is 14.8 Å². The van der Waals surface area contributed by atoms with Crippen molar-refractivity contribution in [2.75, 3.05) is 6.79 Å². The first-order valence-electron chi connectivity index (χ1n) is 10.7. The predicted octanol–water partition coefficient (Wildman–Crippen LogP) is 3.00. The van der Waals surface area contributed by atoms with Crippen molar-refractivity contribution in [2.45, 2.75) is 57.8 Å². The molecule has 2 aromatic rings. The summed E-state index contributed by atoms with van der Waals surface area (Å²) in [6, 6.07) is 9.05. The maximum atomic E-state index is 13.4. The summed E-state index contributed by atoms with van der Waals surface area (Å²) < 4.78 is 12.7. The second kappa shape index (κ2) is 7.70. The van der Waals surface area contributed by atoms with Gasteiger partial charge in [0.15, 0.2) is 17.5 Å². The summed E-state index contributed by atoms with van der Waals surface area (Å²) in [4.78, 5) is 28.1. The van der Waals surface area contributed by atoms with Crippen molar-refractivity contribution in [3.8, 4) is 11.5 Å². The molecule has 1 aliphatic carbocycles. The van der Waals surface area contributed by atoms with E-state index in [1.165, 1.54) is 0 Å². The molecule has 1 atom stereocenters. The number of nitrogens with zero attached hydrogens (tertiary/aromatic N) is 2. The van der Waals surface area contributed by atoms with E-state index >= 15 is 0 Å². The highest BCUT2D eigenvalue weighted by molar-refractivity contribution is 5.90. The zero-order valence-electron chi connectivity index (χ0n) is 17.2. The lowest BCUT2D eigenvalue weighted by atomic mass is 9.87. The Morgan fingerprint density at radius 1 is 1.13 bits per heavy atom. The minimum absolute atomic E-state index is 0.0613. The maximum Gasteiger partial charge on any atom is 0.249 e. The molecule has 158 valence electrons. The van der Waals surface area contributed by atoms with Gasteiger partial charge >= 0.3 is 0 Å². The number of aromatic nitrogens is 1. The Balaban J connectivity index is 1.39. The molecule has 0 saturated heterocycles. The average molecular weight is 409 g/mol. The summed E-state index contributed by atoms with van der Waals surface area (Å²) in [5.74, 6) is 1.95. The fourth-order valence-electron chi connectivity index (χ4n) is 4.74. The average Bonchev–Trinajstić information content (AvgIpc) is 3.38. The molecule has 3 heterocycles. The molecular weight excluding hydrogens is 382 g/mol. The van der Waals surface area contributed by atoms with Crippen molar-refractivity contribution in [2.24, 2.45) is 5.92 Å². The second-order valence-corrected chi connectivity index (χ2v) is 8.64. The minimum atomic E-state index is -0.633. The summed E-state index contributed by atoms with van der Waals surface area (Å²) in [6.07, 6.45) is 6.12. The number of carbonyl (C=O) groups is 2. The van der Waals surface area contributed by atoms with Crippen molar-refractivity contribution >= 4 is 11.8 Å². The Bertz CT molecular complexity index is 961. The maximum absolute atomic E-state index is 13.4. The summed E-state index contributed by atoms with van der Waals surface area (Å²) in [6.45, 7) is 3.07. The molecule has 1 aromatic carbocycles. The van der Waals surface area contributed by atoms with Crippen molar-refractivity contribution in [3.05, 3.63) is 47.8 Å². The van der Waals surface area contributed by atoms with E-state index in [4.69, 9.17) is 9.47 Å². The molecule has 7 nitrogen and oxygen atoms in total. The van der Waals surface area contributed by atoms with E-state index < -0.39 is 6.04 Å². The molecule has 0 unspecified atom stereocenters. The number of hydrogen-bond acceptors (Lipinski definition) is 4. The molecule has 2 aliphatic heterocycles. The zero-order chi connectivity index (χ0) is 20.7. The number of ether oxygens (including phenoxy) is 2. The fraction of sp³-hybridized carbons (Fsp3) is 0.478. The van der Waals surface area contributed by atoms with Gasteiger partial charge in [-0.15, -0.1) is 0 Å². The molecule has 0 bridgehead atoms. The van der Waals surface area contributed by atoms with E-state index in [2.05, 4.69) is 12.2 Å². The lowest BCUT2D eigenvalue weighted by Gasteiger charge is -2.37. The molecule has 5 rings (SSSR count). The summed E-state index contributed by atoms with van der Waals surface area (Å²) in [5, 5.41) is 3.23. The van der Waals surface area contributed by atoms with Crippen molar-refractivity contribution in [1.29, 1.82) is 0 Å². The first-order chi connectivity index (χ1) is 14.6. The smallest absolute Gasteiger partial charge is 0.249 e. The van der Waals surface area contributed by atoms with Crippen LogP contribution in [0.15, 0.2) is 36.5 Å². The lowest BCUT2D eigenvalue weighted by molar-refractivity contribution is -0.144. The van der Waals surface area contributed by atoms with Gasteiger partial charge in [0.1, 0.15) is 6.54 Å². The first kappa shape index (κ1) is 19.0. The van der Waals surface area contributed by atoms with Crippen LogP contribution in [-0.2, 0) is 22.7 Å². The van der Waals surface area contributed by atoms with Crippen LogP contribution in [0.3, 0.4) is 0 Å². The van der Waals surface area contributed by atoms with E-state index in [9.17, 15) is 9.59 Å². The van der Waals surface area contributed by atoms with Crippen LogP contribution in [0.1, 0.15) is 49.9 Å². The molecular formula is C23H27N3O4. The first-order valence-corrected chi connectivity index (χ1v) is 10.7. The number of rotatable bonds is 4. The topological polar surface area (TPSA) is 72.8 Å². The Kier molecular flexibility index (Phi) is 4.89. The van der Waals surface area contributed by atoms with Crippen molar-refractivity contribution < 1.29 is 19.1 Å². The molecule has 2 amide bonds. The fourth-order valence-corrected chi connectivity index (χ4v) is 4.74. The van der Waals surface area contributed by atoms with Crippen LogP contribution in [0.5, 0.6) is 11.5 Å². The number of carbonyl (C=O) groups excluding carboxylic acids is 2. The Labute approximate surface area is 175 Å². The predicted molar refractivity (Wildman–Crippen MR) is 110 cm³/mol. The van der Waals surface area contributed by atoms with Crippen molar-refractivity contribution in [1.82, 2.24) is 14.8 Å². The Morgan fingerprint density at radius 3 is 2.77 bits per heavy atom. The third kappa shape index (κ3) is 3.53. The van der Waals surface area contributed by atoms with E-state index in [1.54, 1.807) is 4.90 Å². The Morgan fingerprint density at radius 2 is 1.93 bits per heavy atom. The molecule has 1 N–H and O–H groups in total. The number of hydrogen-bond donors (Lipinski definition) is 1. The van der Waals surface area contributed by atoms with Crippen LogP contribution in [0.2, 0.25) is 0 Å². The standard InChI is InChI=1S/C23H27N3O4/c1-15-4-7-17(8-5-15)24-23(28)22-18-3-2-10-25(18)13-21(27)26(22)12-16-6-9-19-20(11-16)30-14-29-19/h2-3,6,9-11,15,17,22H,4-5,7-8,12-14H2,1H3,(H,24,28)/t15?,17?,22-/m0/s1. The van der Waals surface area contributed by atoms with E-state index in [1.807, 2.05) is 41.1 Å². The van der Waals surface area contributed by atoms with Gasteiger partial charge < -0.3 is 24.3 Å². The zero-order valence-corrected chi connectivity index (χ0v) is 17.2. The van der Waals surface area contributed by atoms with E-state index in [0.717, 1.165) is 36.9 Å². The highest BCUT2D eigenvalue weighted by Crippen LogP contribution is 2.35. The molecule has 1 saturated carbocycles.